The van der Waals surface area contributed by atoms with E-state index in [0.717, 1.165) is 11.3 Å². The Hall–Kier alpha value is -1.55. The zero-order valence-electron chi connectivity index (χ0n) is 11.3. The topological polar surface area (TPSA) is 64.3 Å². The summed E-state index contributed by atoms with van der Waals surface area (Å²) in [7, 11) is 1.63. The van der Waals surface area contributed by atoms with Gasteiger partial charge in [0, 0.05) is 6.42 Å². The fourth-order valence-electron chi connectivity index (χ4n) is 1.68. The third-order valence-corrected chi connectivity index (χ3v) is 2.93. The third kappa shape index (κ3) is 4.37. The fourth-order valence-corrected chi connectivity index (χ4v) is 1.68. The first-order valence-electron chi connectivity index (χ1n) is 6.20. The maximum Gasteiger partial charge on any atom is 0.220 e. The molecule has 0 fully saturated rings. The van der Waals surface area contributed by atoms with Gasteiger partial charge >= 0.3 is 0 Å². The Balaban J connectivity index is 2.53. The van der Waals surface area contributed by atoms with Crippen LogP contribution in [0.5, 0.6) is 5.75 Å². The van der Waals surface area contributed by atoms with E-state index in [9.17, 15) is 4.79 Å². The van der Waals surface area contributed by atoms with Crippen molar-refractivity contribution in [2.24, 2.45) is 11.7 Å². The summed E-state index contributed by atoms with van der Waals surface area (Å²) in [6, 6.07) is 7.68. The molecule has 2 unspecified atom stereocenters. The van der Waals surface area contributed by atoms with Gasteiger partial charge in [-0.25, -0.2) is 0 Å². The summed E-state index contributed by atoms with van der Waals surface area (Å²) in [4.78, 5) is 11.7. The molecule has 1 rings (SSSR count). The number of rotatable bonds is 6. The first-order valence-corrected chi connectivity index (χ1v) is 6.20. The smallest absolute Gasteiger partial charge is 0.220 e. The van der Waals surface area contributed by atoms with Crippen molar-refractivity contribution in [3.63, 3.8) is 0 Å². The Kier molecular flexibility index (Phi) is 5.65. The summed E-state index contributed by atoms with van der Waals surface area (Å²) in [5, 5.41) is 2.96. The van der Waals surface area contributed by atoms with E-state index >= 15 is 0 Å². The lowest BCUT2D eigenvalue weighted by molar-refractivity contribution is -0.122. The van der Waals surface area contributed by atoms with Crippen molar-refractivity contribution in [1.29, 1.82) is 0 Å². The average molecular weight is 250 g/mol. The van der Waals surface area contributed by atoms with Crippen LogP contribution in [0.3, 0.4) is 0 Å². The standard InChI is InChI=1S/C14H22N2O2/c1-10(9-15)8-14(17)16-11(2)12-4-6-13(18-3)7-5-12/h4-7,10-11H,8-9,15H2,1-3H3,(H,16,17). The second-order valence-corrected chi connectivity index (χ2v) is 4.61. The number of ether oxygens (including phenoxy) is 1. The van der Waals surface area contributed by atoms with E-state index in [-0.39, 0.29) is 17.9 Å². The molecule has 4 nitrogen and oxygen atoms in total. The van der Waals surface area contributed by atoms with Gasteiger partial charge in [-0.05, 0) is 37.1 Å². The molecule has 0 aliphatic carbocycles. The summed E-state index contributed by atoms with van der Waals surface area (Å²) in [5.41, 5.74) is 6.56. The minimum absolute atomic E-state index is 0.00613. The second-order valence-electron chi connectivity index (χ2n) is 4.61. The van der Waals surface area contributed by atoms with Gasteiger partial charge in [-0.2, -0.15) is 0 Å². The number of hydrogen-bond acceptors (Lipinski definition) is 3. The van der Waals surface area contributed by atoms with E-state index in [1.165, 1.54) is 0 Å². The molecule has 0 bridgehead atoms. The van der Waals surface area contributed by atoms with Crippen molar-refractivity contribution < 1.29 is 9.53 Å². The van der Waals surface area contributed by atoms with Crippen molar-refractivity contribution >= 4 is 5.91 Å². The summed E-state index contributed by atoms with van der Waals surface area (Å²) in [5.74, 6) is 1.07. The molecule has 18 heavy (non-hydrogen) atoms. The van der Waals surface area contributed by atoms with Gasteiger partial charge in [0.15, 0.2) is 0 Å². The highest BCUT2D eigenvalue weighted by atomic mass is 16.5. The zero-order chi connectivity index (χ0) is 13.5. The summed E-state index contributed by atoms with van der Waals surface area (Å²) >= 11 is 0. The van der Waals surface area contributed by atoms with Crippen LogP contribution in [-0.2, 0) is 4.79 Å². The molecule has 0 radical (unpaired) electrons. The number of carbonyl (C=O) groups is 1. The lowest BCUT2D eigenvalue weighted by atomic mass is 10.1. The lowest BCUT2D eigenvalue weighted by Crippen LogP contribution is -2.29. The predicted molar refractivity (Wildman–Crippen MR) is 72.4 cm³/mol. The lowest BCUT2D eigenvalue weighted by Gasteiger charge is -2.16. The van der Waals surface area contributed by atoms with Crippen molar-refractivity contribution in [3.05, 3.63) is 29.8 Å². The number of nitrogens with two attached hydrogens (primary N) is 1. The quantitative estimate of drug-likeness (QED) is 0.810. The molecule has 0 aliphatic heterocycles. The van der Waals surface area contributed by atoms with Crippen LogP contribution in [0.2, 0.25) is 0 Å². The molecule has 100 valence electrons. The normalized spacial score (nSPS) is 13.8. The second kappa shape index (κ2) is 7.01. The number of methoxy groups -OCH3 is 1. The monoisotopic (exact) mass is 250 g/mol. The molecule has 0 spiro atoms. The minimum atomic E-state index is -0.00613. The van der Waals surface area contributed by atoms with Crippen LogP contribution in [0.4, 0.5) is 0 Å². The van der Waals surface area contributed by atoms with E-state index in [0.29, 0.717) is 13.0 Å². The highest BCUT2D eigenvalue weighted by molar-refractivity contribution is 5.76. The molecule has 2 atom stereocenters. The van der Waals surface area contributed by atoms with Crippen molar-refractivity contribution in [1.82, 2.24) is 5.32 Å². The fraction of sp³-hybridized carbons (Fsp3) is 0.500. The van der Waals surface area contributed by atoms with E-state index in [2.05, 4.69) is 5.32 Å². The Bertz CT molecular complexity index is 376. The molecule has 0 aliphatic rings. The van der Waals surface area contributed by atoms with Gasteiger partial charge in [0.2, 0.25) is 5.91 Å². The van der Waals surface area contributed by atoms with Crippen LogP contribution in [0, 0.1) is 5.92 Å². The van der Waals surface area contributed by atoms with Crippen molar-refractivity contribution in [2.45, 2.75) is 26.3 Å². The van der Waals surface area contributed by atoms with Gasteiger partial charge in [0.1, 0.15) is 5.75 Å². The Morgan fingerprint density at radius 1 is 1.33 bits per heavy atom. The highest BCUT2D eigenvalue weighted by Crippen LogP contribution is 2.17. The zero-order valence-corrected chi connectivity index (χ0v) is 11.3. The Labute approximate surface area is 109 Å². The molecule has 1 aromatic rings. The molecule has 3 N–H and O–H groups in total. The molecule has 0 aromatic heterocycles. The van der Waals surface area contributed by atoms with Gasteiger partial charge in [0.25, 0.3) is 0 Å². The molecule has 4 heteroatoms. The minimum Gasteiger partial charge on any atom is -0.497 e. The predicted octanol–water partition coefficient (Wildman–Crippen LogP) is 1.86. The van der Waals surface area contributed by atoms with Gasteiger partial charge in [0.05, 0.1) is 13.2 Å². The molecule has 1 amide bonds. The Morgan fingerprint density at radius 3 is 2.44 bits per heavy atom. The first kappa shape index (κ1) is 14.5. The van der Waals surface area contributed by atoms with Crippen molar-refractivity contribution in [3.8, 4) is 5.75 Å². The average Bonchev–Trinajstić information content (AvgIpc) is 2.38. The number of nitrogens with one attached hydrogen (secondary N) is 1. The van der Waals surface area contributed by atoms with Crippen LogP contribution in [0.1, 0.15) is 31.9 Å². The highest BCUT2D eigenvalue weighted by Gasteiger charge is 2.12. The van der Waals surface area contributed by atoms with Gasteiger partial charge in [-0.1, -0.05) is 19.1 Å². The largest absolute Gasteiger partial charge is 0.497 e. The summed E-state index contributed by atoms with van der Waals surface area (Å²) in [6.07, 6.45) is 0.469. The van der Waals surface area contributed by atoms with Crippen LogP contribution < -0.4 is 15.8 Å². The number of benzene rings is 1. The van der Waals surface area contributed by atoms with Crippen molar-refractivity contribution in [2.75, 3.05) is 13.7 Å². The van der Waals surface area contributed by atoms with E-state index < -0.39 is 0 Å². The molecular weight excluding hydrogens is 228 g/mol. The molecule has 0 saturated heterocycles. The molecule has 0 saturated carbocycles. The van der Waals surface area contributed by atoms with Gasteiger partial charge in [-0.15, -0.1) is 0 Å². The van der Waals surface area contributed by atoms with E-state index in [1.807, 2.05) is 38.1 Å². The maximum absolute atomic E-state index is 11.7. The van der Waals surface area contributed by atoms with Crippen LogP contribution >= 0.6 is 0 Å². The van der Waals surface area contributed by atoms with Crippen LogP contribution in [0.15, 0.2) is 24.3 Å². The SMILES string of the molecule is COc1ccc(C(C)NC(=O)CC(C)CN)cc1. The Morgan fingerprint density at radius 2 is 1.94 bits per heavy atom. The van der Waals surface area contributed by atoms with Gasteiger partial charge < -0.3 is 15.8 Å². The summed E-state index contributed by atoms with van der Waals surface area (Å²) in [6.45, 7) is 4.47. The van der Waals surface area contributed by atoms with Crippen LogP contribution in [0.25, 0.3) is 0 Å². The first-order chi connectivity index (χ1) is 8.56. The van der Waals surface area contributed by atoms with Gasteiger partial charge in [-0.3, -0.25) is 4.79 Å². The van der Waals surface area contributed by atoms with E-state index in [1.54, 1.807) is 7.11 Å². The number of hydrogen-bond donors (Lipinski definition) is 2. The molecular formula is C14H22N2O2. The number of carbonyl (C=O) groups excluding carboxylic acids is 1. The maximum atomic E-state index is 11.7. The third-order valence-electron chi connectivity index (χ3n) is 2.93. The molecule has 0 heterocycles. The molecule has 1 aromatic carbocycles. The number of amides is 1. The van der Waals surface area contributed by atoms with E-state index in [4.69, 9.17) is 10.5 Å². The van der Waals surface area contributed by atoms with Crippen LogP contribution in [-0.4, -0.2) is 19.6 Å². The summed E-state index contributed by atoms with van der Waals surface area (Å²) < 4.78 is 5.10.